The molecule has 0 saturated carbocycles. The van der Waals surface area contributed by atoms with Crippen molar-refractivity contribution in [3.05, 3.63) is 46.7 Å². The second-order valence-corrected chi connectivity index (χ2v) is 6.57. The van der Waals surface area contributed by atoms with Gasteiger partial charge in [0.2, 0.25) is 5.91 Å². The average molecular weight is 347 g/mol. The maximum atomic E-state index is 12.8. The molecule has 2 heterocycles. The largest absolute Gasteiger partial charge is 0.486 e. The van der Waals surface area contributed by atoms with Gasteiger partial charge in [-0.3, -0.25) is 9.78 Å². The third kappa shape index (κ3) is 3.04. The van der Waals surface area contributed by atoms with E-state index in [9.17, 15) is 4.79 Å². The topological polar surface area (TPSA) is 60.5 Å². The van der Waals surface area contributed by atoms with Gasteiger partial charge in [-0.2, -0.15) is 0 Å². The van der Waals surface area contributed by atoms with Gasteiger partial charge in [0, 0.05) is 6.20 Å². The molecule has 2 aromatic rings. The zero-order valence-electron chi connectivity index (χ0n) is 13.9. The van der Waals surface area contributed by atoms with Gasteiger partial charge in [0.05, 0.1) is 21.8 Å². The van der Waals surface area contributed by atoms with Crippen molar-refractivity contribution in [2.45, 2.75) is 26.2 Å². The summed E-state index contributed by atoms with van der Waals surface area (Å²) in [6.07, 6.45) is 1.62. The standard InChI is InChI=1S/C18H19ClN2O3/c1-11-16(19)13(6-7-20-11)21-17(22)18(2,3)12-4-5-14-15(10-12)24-9-8-23-14/h4-7,10H,8-9H2,1-3H3,(H,20,21,22). The van der Waals surface area contributed by atoms with E-state index in [4.69, 9.17) is 21.1 Å². The average Bonchev–Trinajstić information content (AvgIpc) is 2.58. The Morgan fingerprint density at radius 3 is 2.67 bits per heavy atom. The van der Waals surface area contributed by atoms with Crippen LogP contribution in [0, 0.1) is 6.92 Å². The summed E-state index contributed by atoms with van der Waals surface area (Å²) < 4.78 is 11.1. The third-order valence-corrected chi connectivity index (χ3v) is 4.62. The molecule has 0 atom stereocenters. The number of pyridine rings is 1. The Morgan fingerprint density at radius 2 is 1.92 bits per heavy atom. The number of fused-ring (bicyclic) bond motifs is 1. The van der Waals surface area contributed by atoms with Gasteiger partial charge in [0.1, 0.15) is 13.2 Å². The van der Waals surface area contributed by atoms with Crippen molar-refractivity contribution in [3.63, 3.8) is 0 Å². The molecule has 0 bridgehead atoms. The number of aromatic nitrogens is 1. The number of hydrogen-bond donors (Lipinski definition) is 1. The number of carbonyl (C=O) groups excluding carboxylic acids is 1. The summed E-state index contributed by atoms with van der Waals surface area (Å²) in [7, 11) is 0. The first kappa shape index (κ1) is 16.6. The Balaban J connectivity index is 1.86. The van der Waals surface area contributed by atoms with Crippen LogP contribution in [-0.2, 0) is 10.2 Å². The molecule has 0 spiro atoms. The number of nitrogens with zero attached hydrogens (tertiary/aromatic N) is 1. The summed E-state index contributed by atoms with van der Waals surface area (Å²) in [6.45, 7) is 6.56. The number of carbonyl (C=O) groups is 1. The first-order valence-electron chi connectivity index (χ1n) is 7.72. The monoisotopic (exact) mass is 346 g/mol. The highest BCUT2D eigenvalue weighted by Crippen LogP contribution is 2.36. The minimum absolute atomic E-state index is 0.160. The van der Waals surface area contributed by atoms with E-state index in [0.717, 1.165) is 5.56 Å². The molecule has 0 saturated heterocycles. The molecule has 5 nitrogen and oxygen atoms in total. The van der Waals surface area contributed by atoms with Crippen LogP contribution in [0.3, 0.4) is 0 Å². The molecule has 126 valence electrons. The molecule has 0 fully saturated rings. The predicted molar refractivity (Wildman–Crippen MR) is 93.1 cm³/mol. The van der Waals surface area contributed by atoms with Crippen LogP contribution < -0.4 is 14.8 Å². The molecule has 1 amide bonds. The van der Waals surface area contributed by atoms with E-state index < -0.39 is 5.41 Å². The highest BCUT2D eigenvalue weighted by atomic mass is 35.5. The van der Waals surface area contributed by atoms with E-state index >= 15 is 0 Å². The Labute approximate surface area is 145 Å². The fourth-order valence-corrected chi connectivity index (χ4v) is 2.65. The van der Waals surface area contributed by atoms with E-state index in [0.29, 0.717) is 41.1 Å². The highest BCUT2D eigenvalue weighted by Gasteiger charge is 2.31. The molecule has 0 unspecified atom stereocenters. The van der Waals surface area contributed by atoms with E-state index in [-0.39, 0.29) is 5.91 Å². The predicted octanol–water partition coefficient (Wildman–Crippen LogP) is 3.73. The van der Waals surface area contributed by atoms with Crippen molar-refractivity contribution in [2.24, 2.45) is 0 Å². The van der Waals surface area contributed by atoms with Crippen molar-refractivity contribution in [1.82, 2.24) is 4.98 Å². The van der Waals surface area contributed by atoms with Gasteiger partial charge in [-0.15, -0.1) is 0 Å². The lowest BCUT2D eigenvalue weighted by atomic mass is 9.83. The molecule has 1 aromatic heterocycles. The Bertz CT molecular complexity index is 790. The number of aryl methyl sites for hydroxylation is 1. The molecule has 0 aliphatic carbocycles. The summed E-state index contributed by atoms with van der Waals surface area (Å²) in [5.74, 6) is 1.21. The van der Waals surface area contributed by atoms with Crippen LogP contribution in [0.15, 0.2) is 30.5 Å². The van der Waals surface area contributed by atoms with Gasteiger partial charge in [0.15, 0.2) is 11.5 Å². The number of amides is 1. The molecular formula is C18H19ClN2O3. The first-order valence-corrected chi connectivity index (χ1v) is 8.10. The SMILES string of the molecule is Cc1nccc(NC(=O)C(C)(C)c2ccc3c(c2)OCCO3)c1Cl. The second-order valence-electron chi connectivity index (χ2n) is 6.20. The van der Waals surface area contributed by atoms with E-state index in [2.05, 4.69) is 10.3 Å². The summed E-state index contributed by atoms with van der Waals surface area (Å²) in [5.41, 5.74) is 1.30. The van der Waals surface area contributed by atoms with Crippen molar-refractivity contribution >= 4 is 23.2 Å². The molecule has 1 aliphatic rings. The lowest BCUT2D eigenvalue weighted by molar-refractivity contribution is -0.120. The van der Waals surface area contributed by atoms with E-state index in [1.807, 2.05) is 32.0 Å². The van der Waals surface area contributed by atoms with E-state index in [1.165, 1.54) is 0 Å². The van der Waals surface area contributed by atoms with Crippen molar-refractivity contribution in [1.29, 1.82) is 0 Å². The minimum atomic E-state index is -0.768. The van der Waals surface area contributed by atoms with Crippen molar-refractivity contribution < 1.29 is 14.3 Å². The van der Waals surface area contributed by atoms with Crippen molar-refractivity contribution in [2.75, 3.05) is 18.5 Å². The summed E-state index contributed by atoms with van der Waals surface area (Å²) in [6, 6.07) is 7.26. The Kier molecular flexibility index (Phi) is 4.37. The van der Waals surface area contributed by atoms with Gasteiger partial charge in [-0.05, 0) is 44.5 Å². The van der Waals surface area contributed by atoms with Crippen LogP contribution >= 0.6 is 11.6 Å². The Morgan fingerprint density at radius 1 is 1.21 bits per heavy atom. The smallest absolute Gasteiger partial charge is 0.234 e. The molecule has 6 heteroatoms. The van der Waals surface area contributed by atoms with Gasteiger partial charge >= 0.3 is 0 Å². The Hall–Kier alpha value is -2.27. The summed E-state index contributed by atoms with van der Waals surface area (Å²) >= 11 is 6.21. The fourth-order valence-electron chi connectivity index (χ4n) is 2.49. The van der Waals surface area contributed by atoms with Gasteiger partial charge in [-0.1, -0.05) is 17.7 Å². The first-order chi connectivity index (χ1) is 11.4. The molecule has 24 heavy (non-hydrogen) atoms. The van der Waals surface area contributed by atoms with Crippen LogP contribution in [0.25, 0.3) is 0 Å². The highest BCUT2D eigenvalue weighted by molar-refractivity contribution is 6.34. The van der Waals surface area contributed by atoms with Crippen LogP contribution in [-0.4, -0.2) is 24.1 Å². The zero-order valence-corrected chi connectivity index (χ0v) is 14.6. The molecule has 1 N–H and O–H groups in total. The molecular weight excluding hydrogens is 328 g/mol. The number of benzene rings is 1. The van der Waals surface area contributed by atoms with Crippen LogP contribution in [0.1, 0.15) is 25.1 Å². The quantitative estimate of drug-likeness (QED) is 0.919. The number of ether oxygens (including phenoxy) is 2. The maximum absolute atomic E-state index is 12.8. The second kappa shape index (κ2) is 6.32. The van der Waals surface area contributed by atoms with Gasteiger partial charge in [0.25, 0.3) is 0 Å². The summed E-state index contributed by atoms with van der Waals surface area (Å²) in [5, 5.41) is 3.33. The maximum Gasteiger partial charge on any atom is 0.234 e. The van der Waals surface area contributed by atoms with Crippen LogP contribution in [0.2, 0.25) is 5.02 Å². The lowest BCUT2D eigenvalue weighted by Crippen LogP contribution is -2.35. The number of halogens is 1. The molecule has 0 radical (unpaired) electrons. The van der Waals surface area contributed by atoms with Crippen LogP contribution in [0.5, 0.6) is 11.5 Å². The number of hydrogen-bond acceptors (Lipinski definition) is 4. The minimum Gasteiger partial charge on any atom is -0.486 e. The normalized spacial score (nSPS) is 13.5. The number of anilines is 1. The molecule has 3 rings (SSSR count). The lowest BCUT2D eigenvalue weighted by Gasteiger charge is -2.27. The number of nitrogens with one attached hydrogen (secondary N) is 1. The zero-order chi connectivity index (χ0) is 17.3. The molecule has 1 aromatic carbocycles. The summed E-state index contributed by atoms with van der Waals surface area (Å²) in [4.78, 5) is 16.9. The van der Waals surface area contributed by atoms with E-state index in [1.54, 1.807) is 19.2 Å². The van der Waals surface area contributed by atoms with Crippen LogP contribution in [0.4, 0.5) is 5.69 Å². The third-order valence-electron chi connectivity index (χ3n) is 4.14. The fraction of sp³-hybridized carbons (Fsp3) is 0.333. The van der Waals surface area contributed by atoms with Crippen molar-refractivity contribution in [3.8, 4) is 11.5 Å². The number of rotatable bonds is 3. The molecule has 1 aliphatic heterocycles. The van der Waals surface area contributed by atoms with Gasteiger partial charge < -0.3 is 14.8 Å². The van der Waals surface area contributed by atoms with Gasteiger partial charge in [-0.25, -0.2) is 0 Å².